The summed E-state index contributed by atoms with van der Waals surface area (Å²) in [6, 6.07) is 12.0. The molecule has 0 aliphatic carbocycles. The number of aromatic hydroxyl groups is 1. The first kappa shape index (κ1) is 26.7. The summed E-state index contributed by atoms with van der Waals surface area (Å²) in [5.41, 5.74) is 8.34. The number of anilines is 3. The first-order valence-corrected chi connectivity index (χ1v) is 12.9. The van der Waals surface area contributed by atoms with E-state index in [-0.39, 0.29) is 23.0 Å². The third kappa shape index (κ3) is 5.22. The number of hydrazine groups is 1. The third-order valence-electron chi connectivity index (χ3n) is 6.44. The number of amides is 2. The van der Waals surface area contributed by atoms with Crippen molar-refractivity contribution >= 4 is 63.3 Å². The molecule has 12 heteroatoms. The van der Waals surface area contributed by atoms with Gasteiger partial charge in [0, 0.05) is 11.3 Å². The summed E-state index contributed by atoms with van der Waals surface area (Å²) in [7, 11) is 0. The molecule has 200 valence electrons. The van der Waals surface area contributed by atoms with Gasteiger partial charge in [-0.25, -0.2) is 5.43 Å². The number of benzene rings is 3. The van der Waals surface area contributed by atoms with Crippen LogP contribution in [0.15, 0.2) is 59.5 Å². The molecule has 3 aromatic rings. The number of nitrogens with one attached hydrogen (secondary N) is 3. The maximum atomic E-state index is 13.6. The number of carbonyl (C=O) groups is 2. The third-order valence-corrected chi connectivity index (χ3v) is 7.60. The highest BCUT2D eigenvalue weighted by Gasteiger charge is 2.41. The van der Waals surface area contributed by atoms with Crippen molar-refractivity contribution in [2.45, 2.75) is 26.1 Å². The first-order valence-electron chi connectivity index (χ1n) is 11.6. The fourth-order valence-electron chi connectivity index (χ4n) is 4.28. The minimum absolute atomic E-state index is 0.119. The van der Waals surface area contributed by atoms with Gasteiger partial charge in [-0.1, -0.05) is 42.2 Å². The second kappa shape index (κ2) is 10.0. The van der Waals surface area contributed by atoms with Crippen molar-refractivity contribution < 1.29 is 27.9 Å². The van der Waals surface area contributed by atoms with Crippen molar-refractivity contribution in [3.05, 3.63) is 87.3 Å². The number of nitrogens with zero attached hydrogens (tertiary/aromatic N) is 1. The summed E-state index contributed by atoms with van der Waals surface area (Å²) >= 11 is 6.08. The van der Waals surface area contributed by atoms with Crippen LogP contribution in [0.3, 0.4) is 0 Å². The number of thiocarbonyl (C=S) groups is 1. The molecule has 39 heavy (non-hydrogen) atoms. The Hall–Kier alpha value is -3.87. The topological polar surface area (TPSA) is 93.7 Å². The lowest BCUT2D eigenvalue weighted by Crippen LogP contribution is -2.35. The molecule has 0 saturated carbocycles. The first-order chi connectivity index (χ1) is 18.4. The molecule has 1 atom stereocenters. The second-order valence-electron chi connectivity index (χ2n) is 9.04. The van der Waals surface area contributed by atoms with Crippen LogP contribution in [-0.2, 0) is 15.8 Å². The molecule has 0 bridgehead atoms. The van der Waals surface area contributed by atoms with Crippen molar-refractivity contribution in [3.8, 4) is 5.75 Å². The van der Waals surface area contributed by atoms with Gasteiger partial charge in [0.25, 0.3) is 11.8 Å². The largest absolute Gasteiger partial charge is 0.506 e. The Morgan fingerprint density at radius 3 is 2.46 bits per heavy atom. The van der Waals surface area contributed by atoms with Gasteiger partial charge in [-0.05, 0) is 73.0 Å². The van der Waals surface area contributed by atoms with Crippen molar-refractivity contribution in [2.75, 3.05) is 10.3 Å². The van der Waals surface area contributed by atoms with E-state index in [1.807, 2.05) is 13.8 Å². The normalized spacial score (nSPS) is 18.1. The van der Waals surface area contributed by atoms with Crippen LogP contribution in [0.2, 0.25) is 0 Å². The molecule has 1 unspecified atom stereocenters. The number of carbonyl (C=O) groups excluding carboxylic acids is 2. The fourth-order valence-corrected chi connectivity index (χ4v) is 5.32. The molecule has 0 spiro atoms. The van der Waals surface area contributed by atoms with Gasteiger partial charge in [-0.2, -0.15) is 13.2 Å². The molecule has 1 fully saturated rings. The average molecular weight is 571 g/mol. The smallest absolute Gasteiger partial charge is 0.416 e. The Labute approximate surface area is 231 Å². The molecule has 2 amide bonds. The van der Waals surface area contributed by atoms with Gasteiger partial charge in [0.15, 0.2) is 0 Å². The standard InChI is InChI=1S/C27H21F3N4O3S2/c1-13-3-6-17(9-14(13)2)34-20-12-16(27(28,29)30)5-7-18(20)23(25(34)37)33-32-19-8-4-15(10-21(19)35)11-22-24(36)31-26(38)39-22/h3-12,23,32-33,35H,1-2H3,(H,31,36,38). The van der Waals surface area contributed by atoms with Gasteiger partial charge in [0.2, 0.25) is 0 Å². The quantitative estimate of drug-likeness (QED) is 0.132. The number of thioether (sulfide) groups is 1. The predicted molar refractivity (Wildman–Crippen MR) is 148 cm³/mol. The van der Waals surface area contributed by atoms with Crippen LogP contribution >= 0.6 is 24.0 Å². The highest BCUT2D eigenvalue weighted by Crippen LogP contribution is 2.44. The van der Waals surface area contributed by atoms with E-state index in [0.717, 1.165) is 35.0 Å². The number of aryl methyl sites for hydroxylation is 2. The van der Waals surface area contributed by atoms with E-state index in [1.54, 1.807) is 36.4 Å². The van der Waals surface area contributed by atoms with E-state index < -0.39 is 23.7 Å². The molecule has 2 aliphatic rings. The molecule has 2 heterocycles. The van der Waals surface area contributed by atoms with Gasteiger partial charge in [0.1, 0.15) is 16.1 Å². The van der Waals surface area contributed by atoms with E-state index in [2.05, 4.69) is 16.2 Å². The fraction of sp³-hybridized carbons (Fsp3) is 0.148. The molecule has 4 N–H and O–H groups in total. The van der Waals surface area contributed by atoms with E-state index in [0.29, 0.717) is 26.0 Å². The van der Waals surface area contributed by atoms with Gasteiger partial charge < -0.3 is 15.8 Å². The average Bonchev–Trinajstić information content (AvgIpc) is 3.33. The molecule has 3 aromatic carbocycles. The number of hydrogen-bond acceptors (Lipinski definition) is 7. The Kier molecular flexibility index (Phi) is 6.87. The van der Waals surface area contributed by atoms with E-state index in [9.17, 15) is 27.9 Å². The van der Waals surface area contributed by atoms with Crippen LogP contribution in [0, 0.1) is 13.8 Å². The number of rotatable bonds is 5. The van der Waals surface area contributed by atoms with Crippen LogP contribution < -0.4 is 21.1 Å². The molecule has 7 nitrogen and oxygen atoms in total. The Morgan fingerprint density at radius 1 is 1.05 bits per heavy atom. The molecule has 1 saturated heterocycles. The SMILES string of the molecule is Cc1ccc(N2C(=O)C(NNc3ccc(C=C4SC(=S)NC4=O)cc3O)c3ccc(C(F)(F)F)cc32)cc1C. The van der Waals surface area contributed by atoms with E-state index in [1.165, 1.54) is 17.0 Å². The number of hydrogen-bond donors (Lipinski definition) is 4. The highest BCUT2D eigenvalue weighted by molar-refractivity contribution is 8.26. The molecule has 0 aromatic heterocycles. The Morgan fingerprint density at radius 2 is 1.82 bits per heavy atom. The Balaban J connectivity index is 1.43. The zero-order valence-corrected chi connectivity index (χ0v) is 22.1. The monoisotopic (exact) mass is 570 g/mol. The van der Waals surface area contributed by atoms with Crippen molar-refractivity contribution in [1.82, 2.24) is 10.7 Å². The maximum absolute atomic E-state index is 13.6. The summed E-state index contributed by atoms with van der Waals surface area (Å²) in [5.74, 6) is -0.984. The molecule has 0 radical (unpaired) electrons. The number of phenols is 1. The zero-order valence-electron chi connectivity index (χ0n) is 20.5. The van der Waals surface area contributed by atoms with Crippen LogP contribution in [0.4, 0.5) is 30.2 Å². The zero-order chi connectivity index (χ0) is 28.1. The summed E-state index contributed by atoms with van der Waals surface area (Å²) in [6.45, 7) is 3.76. The molecule has 2 aliphatic heterocycles. The van der Waals surface area contributed by atoms with Gasteiger partial charge in [-0.15, -0.1) is 0 Å². The minimum Gasteiger partial charge on any atom is -0.506 e. The summed E-state index contributed by atoms with van der Waals surface area (Å²) in [5, 5.41) is 13.1. The molecular formula is C27H21F3N4O3S2. The Bertz CT molecular complexity index is 1570. The lowest BCUT2D eigenvalue weighted by molar-refractivity contribution is -0.137. The van der Waals surface area contributed by atoms with Gasteiger partial charge in [0.05, 0.1) is 21.8 Å². The summed E-state index contributed by atoms with van der Waals surface area (Å²) in [6.07, 6.45) is -3.01. The lowest BCUT2D eigenvalue weighted by atomic mass is 10.1. The van der Waals surface area contributed by atoms with Crippen molar-refractivity contribution in [2.24, 2.45) is 0 Å². The number of alkyl halides is 3. The summed E-state index contributed by atoms with van der Waals surface area (Å²) in [4.78, 5) is 27.1. The second-order valence-corrected chi connectivity index (χ2v) is 10.8. The van der Waals surface area contributed by atoms with Crippen LogP contribution in [0.5, 0.6) is 5.75 Å². The molecular weight excluding hydrogens is 549 g/mol. The number of phenolic OH excluding ortho intramolecular Hbond substituents is 1. The minimum atomic E-state index is -4.58. The van der Waals surface area contributed by atoms with Crippen molar-refractivity contribution in [3.63, 3.8) is 0 Å². The van der Waals surface area contributed by atoms with E-state index in [4.69, 9.17) is 12.2 Å². The van der Waals surface area contributed by atoms with Crippen LogP contribution in [-0.4, -0.2) is 21.2 Å². The number of fused-ring (bicyclic) bond motifs is 1. The van der Waals surface area contributed by atoms with Gasteiger partial charge in [-0.3, -0.25) is 14.5 Å². The predicted octanol–water partition coefficient (Wildman–Crippen LogP) is 5.85. The van der Waals surface area contributed by atoms with Crippen LogP contribution in [0.1, 0.15) is 33.9 Å². The highest BCUT2D eigenvalue weighted by atomic mass is 32.2. The summed E-state index contributed by atoms with van der Waals surface area (Å²) < 4.78 is 40.9. The maximum Gasteiger partial charge on any atom is 0.416 e. The lowest BCUT2D eigenvalue weighted by Gasteiger charge is -2.20. The molecule has 5 rings (SSSR count). The van der Waals surface area contributed by atoms with Gasteiger partial charge >= 0.3 is 6.18 Å². The number of halogens is 3. The van der Waals surface area contributed by atoms with E-state index >= 15 is 0 Å². The van der Waals surface area contributed by atoms with Crippen LogP contribution in [0.25, 0.3) is 6.08 Å². The van der Waals surface area contributed by atoms with Crippen molar-refractivity contribution in [1.29, 1.82) is 0 Å².